The molecule has 0 unspecified atom stereocenters. The van der Waals surface area contributed by atoms with Crippen LogP contribution in [0.3, 0.4) is 0 Å². The van der Waals surface area contributed by atoms with E-state index in [1.165, 1.54) is 0 Å². The number of β-amino-alcohol motifs (C(OH)–C–C–N with tert-alkyl or cyclic N) is 1. The number of hydrogen-bond acceptors (Lipinski definition) is 4. The topological polar surface area (TPSA) is 35.9 Å². The largest absolute Gasteiger partial charge is 0.491 e. The number of likely N-dealkylation sites (N-methyl/N-ethyl adjacent to an activating group) is 1. The molecule has 19 heavy (non-hydrogen) atoms. The number of piperazine rings is 1. The van der Waals surface area contributed by atoms with Gasteiger partial charge < -0.3 is 14.7 Å². The van der Waals surface area contributed by atoms with Gasteiger partial charge in [0.2, 0.25) is 0 Å². The molecule has 1 fully saturated rings. The molecular formula is C15H24N2O2. The summed E-state index contributed by atoms with van der Waals surface area (Å²) in [6.45, 7) is 8.64. The summed E-state index contributed by atoms with van der Waals surface area (Å²) >= 11 is 0. The number of hydrogen-bond donors (Lipinski definition) is 1. The van der Waals surface area contributed by atoms with Crippen molar-refractivity contribution in [1.82, 2.24) is 9.80 Å². The zero-order chi connectivity index (χ0) is 13.5. The van der Waals surface area contributed by atoms with Gasteiger partial charge in [0, 0.05) is 32.7 Å². The van der Waals surface area contributed by atoms with E-state index >= 15 is 0 Å². The van der Waals surface area contributed by atoms with Crippen molar-refractivity contribution < 1.29 is 9.84 Å². The summed E-state index contributed by atoms with van der Waals surface area (Å²) in [5, 5.41) is 10.0. The van der Waals surface area contributed by atoms with E-state index in [0.717, 1.165) is 38.5 Å². The van der Waals surface area contributed by atoms with Gasteiger partial charge in [0.1, 0.15) is 18.5 Å². The summed E-state index contributed by atoms with van der Waals surface area (Å²) in [5.41, 5.74) is 0. The minimum Gasteiger partial charge on any atom is -0.491 e. The molecule has 4 nitrogen and oxygen atoms in total. The SMILES string of the molecule is CCN1CCN(C[C@@H](O)COc2ccccc2)CC1. The summed E-state index contributed by atoms with van der Waals surface area (Å²) < 4.78 is 5.56. The number of aliphatic hydroxyl groups excluding tert-OH is 1. The Bertz CT molecular complexity index is 350. The first kappa shape index (κ1) is 14.3. The Labute approximate surface area is 115 Å². The van der Waals surface area contributed by atoms with Crippen LogP contribution in [0.1, 0.15) is 6.92 Å². The van der Waals surface area contributed by atoms with Crippen molar-refractivity contribution in [2.24, 2.45) is 0 Å². The maximum Gasteiger partial charge on any atom is 0.119 e. The van der Waals surface area contributed by atoms with Crippen LogP contribution in [0.2, 0.25) is 0 Å². The Kier molecular flexibility index (Phi) is 5.63. The molecule has 1 saturated heterocycles. The van der Waals surface area contributed by atoms with Crippen LogP contribution in [0.5, 0.6) is 5.75 Å². The van der Waals surface area contributed by atoms with Gasteiger partial charge in [-0.3, -0.25) is 4.90 Å². The molecule has 1 atom stereocenters. The molecule has 1 aromatic rings. The summed E-state index contributed by atoms with van der Waals surface area (Å²) in [6, 6.07) is 9.65. The van der Waals surface area contributed by atoms with Gasteiger partial charge in [-0.2, -0.15) is 0 Å². The minimum atomic E-state index is -0.423. The third-order valence-electron chi connectivity index (χ3n) is 3.57. The van der Waals surface area contributed by atoms with Crippen LogP contribution in [0.4, 0.5) is 0 Å². The summed E-state index contributed by atoms with van der Waals surface area (Å²) in [6.07, 6.45) is -0.423. The molecular weight excluding hydrogens is 240 g/mol. The third kappa shape index (κ3) is 4.82. The molecule has 0 aliphatic carbocycles. The van der Waals surface area contributed by atoms with Gasteiger partial charge in [-0.15, -0.1) is 0 Å². The van der Waals surface area contributed by atoms with E-state index in [2.05, 4.69) is 16.7 Å². The van der Waals surface area contributed by atoms with Crippen molar-refractivity contribution in [2.75, 3.05) is 45.9 Å². The first-order chi connectivity index (χ1) is 9.28. The summed E-state index contributed by atoms with van der Waals surface area (Å²) in [5.74, 6) is 0.817. The predicted molar refractivity (Wildman–Crippen MR) is 76.5 cm³/mol. The maximum absolute atomic E-state index is 10.0. The fraction of sp³-hybridized carbons (Fsp3) is 0.600. The molecule has 2 rings (SSSR count). The van der Waals surface area contributed by atoms with Gasteiger partial charge >= 0.3 is 0 Å². The molecule has 0 spiro atoms. The molecule has 1 heterocycles. The molecule has 1 aliphatic heterocycles. The molecule has 4 heteroatoms. The number of para-hydroxylation sites is 1. The minimum absolute atomic E-state index is 0.359. The Hall–Kier alpha value is -1.10. The molecule has 1 N–H and O–H groups in total. The number of nitrogens with zero attached hydrogens (tertiary/aromatic N) is 2. The highest BCUT2D eigenvalue weighted by atomic mass is 16.5. The molecule has 1 aliphatic rings. The third-order valence-corrected chi connectivity index (χ3v) is 3.57. The van der Waals surface area contributed by atoms with Crippen LogP contribution < -0.4 is 4.74 Å². The van der Waals surface area contributed by atoms with Gasteiger partial charge in [0.05, 0.1) is 0 Å². The van der Waals surface area contributed by atoms with Crippen molar-refractivity contribution in [2.45, 2.75) is 13.0 Å². The molecule has 0 radical (unpaired) electrons. The van der Waals surface area contributed by atoms with E-state index in [1.54, 1.807) is 0 Å². The van der Waals surface area contributed by atoms with E-state index in [1.807, 2.05) is 30.3 Å². The zero-order valence-corrected chi connectivity index (χ0v) is 11.7. The van der Waals surface area contributed by atoms with E-state index in [0.29, 0.717) is 13.2 Å². The van der Waals surface area contributed by atoms with Gasteiger partial charge in [-0.25, -0.2) is 0 Å². The van der Waals surface area contributed by atoms with Gasteiger partial charge in [0.15, 0.2) is 0 Å². The van der Waals surface area contributed by atoms with Crippen molar-refractivity contribution >= 4 is 0 Å². The lowest BCUT2D eigenvalue weighted by molar-refractivity contribution is 0.0471. The lowest BCUT2D eigenvalue weighted by Gasteiger charge is -2.34. The molecule has 0 saturated carbocycles. The smallest absolute Gasteiger partial charge is 0.119 e. The van der Waals surface area contributed by atoms with Crippen LogP contribution in [0.25, 0.3) is 0 Å². The van der Waals surface area contributed by atoms with E-state index in [9.17, 15) is 5.11 Å². The summed E-state index contributed by atoms with van der Waals surface area (Å²) in [7, 11) is 0. The van der Waals surface area contributed by atoms with Crippen molar-refractivity contribution in [3.63, 3.8) is 0 Å². The van der Waals surface area contributed by atoms with Crippen LogP contribution >= 0.6 is 0 Å². The van der Waals surface area contributed by atoms with E-state index in [4.69, 9.17) is 4.74 Å². The van der Waals surface area contributed by atoms with Crippen LogP contribution in [-0.4, -0.2) is 66.9 Å². The van der Waals surface area contributed by atoms with Crippen LogP contribution in [-0.2, 0) is 0 Å². The Morgan fingerprint density at radius 1 is 1.11 bits per heavy atom. The fourth-order valence-electron chi connectivity index (χ4n) is 2.35. The van der Waals surface area contributed by atoms with Gasteiger partial charge in [-0.05, 0) is 18.7 Å². The molecule has 0 aromatic heterocycles. The van der Waals surface area contributed by atoms with Crippen molar-refractivity contribution in [3.8, 4) is 5.75 Å². The number of benzene rings is 1. The lowest BCUT2D eigenvalue weighted by atomic mass is 10.2. The highest BCUT2D eigenvalue weighted by Gasteiger charge is 2.18. The average molecular weight is 264 g/mol. The predicted octanol–water partition coefficient (Wildman–Crippen LogP) is 1.06. The second kappa shape index (κ2) is 7.48. The highest BCUT2D eigenvalue weighted by molar-refractivity contribution is 5.20. The van der Waals surface area contributed by atoms with Gasteiger partial charge in [0.25, 0.3) is 0 Å². The van der Waals surface area contributed by atoms with Gasteiger partial charge in [-0.1, -0.05) is 25.1 Å². The maximum atomic E-state index is 10.0. The van der Waals surface area contributed by atoms with Crippen molar-refractivity contribution in [1.29, 1.82) is 0 Å². The number of rotatable bonds is 6. The number of aliphatic hydroxyl groups is 1. The second-order valence-electron chi connectivity index (χ2n) is 5.01. The first-order valence-electron chi connectivity index (χ1n) is 7.08. The normalized spacial score (nSPS) is 19.3. The van der Waals surface area contributed by atoms with E-state index in [-0.39, 0.29) is 0 Å². The highest BCUT2D eigenvalue weighted by Crippen LogP contribution is 2.09. The van der Waals surface area contributed by atoms with Crippen molar-refractivity contribution in [3.05, 3.63) is 30.3 Å². The average Bonchev–Trinajstić information content (AvgIpc) is 2.47. The monoisotopic (exact) mass is 264 g/mol. The number of ether oxygens (including phenoxy) is 1. The van der Waals surface area contributed by atoms with Crippen LogP contribution in [0.15, 0.2) is 30.3 Å². The van der Waals surface area contributed by atoms with E-state index < -0.39 is 6.10 Å². The molecule has 0 bridgehead atoms. The van der Waals surface area contributed by atoms with Crippen LogP contribution in [0, 0.1) is 0 Å². The molecule has 0 amide bonds. The molecule has 1 aromatic carbocycles. The fourth-order valence-corrected chi connectivity index (χ4v) is 2.35. The molecule has 106 valence electrons. The Morgan fingerprint density at radius 3 is 2.37 bits per heavy atom. The standard InChI is InChI=1S/C15H24N2O2/c1-2-16-8-10-17(11-9-16)12-14(18)13-19-15-6-4-3-5-7-15/h3-7,14,18H,2,8-13H2,1H3/t14-/m1/s1. The lowest BCUT2D eigenvalue weighted by Crippen LogP contribution is -2.49. The zero-order valence-electron chi connectivity index (χ0n) is 11.7. The quantitative estimate of drug-likeness (QED) is 0.833. The summed E-state index contributed by atoms with van der Waals surface area (Å²) in [4.78, 5) is 4.74. The Balaban J connectivity index is 1.66. The Morgan fingerprint density at radius 2 is 1.74 bits per heavy atom. The second-order valence-corrected chi connectivity index (χ2v) is 5.01. The first-order valence-corrected chi connectivity index (χ1v) is 7.08.